The number of hydrogen-bond donors (Lipinski definition) is 1. The minimum absolute atomic E-state index is 0.118. The Bertz CT molecular complexity index is 742. The normalized spacial score (nSPS) is 13.7. The first-order valence-electron chi connectivity index (χ1n) is 9.05. The second kappa shape index (κ2) is 8.61. The third-order valence-corrected chi connectivity index (χ3v) is 4.74. The molecule has 0 spiro atoms. The van der Waals surface area contributed by atoms with E-state index in [9.17, 15) is 14.0 Å². The van der Waals surface area contributed by atoms with Crippen molar-refractivity contribution in [2.75, 3.05) is 18.0 Å². The van der Waals surface area contributed by atoms with Crippen LogP contribution >= 0.6 is 0 Å². The average molecular weight is 354 g/mol. The van der Waals surface area contributed by atoms with E-state index in [2.05, 4.69) is 5.32 Å². The molecule has 0 aromatic heterocycles. The first-order valence-corrected chi connectivity index (χ1v) is 9.05. The van der Waals surface area contributed by atoms with Crippen LogP contribution in [0.15, 0.2) is 54.6 Å². The van der Waals surface area contributed by atoms with E-state index in [1.165, 1.54) is 24.3 Å². The van der Waals surface area contributed by atoms with Gasteiger partial charge in [-0.05, 0) is 55.7 Å². The fourth-order valence-electron chi connectivity index (χ4n) is 2.97. The number of hydrogen-bond acceptors (Lipinski definition) is 2. The van der Waals surface area contributed by atoms with Gasteiger partial charge in [-0.25, -0.2) is 4.39 Å². The number of amides is 2. The van der Waals surface area contributed by atoms with Crippen molar-refractivity contribution < 1.29 is 14.0 Å². The third-order valence-electron chi connectivity index (χ3n) is 4.74. The van der Waals surface area contributed by atoms with E-state index in [-0.39, 0.29) is 23.5 Å². The van der Waals surface area contributed by atoms with Gasteiger partial charge in [0.1, 0.15) is 5.82 Å². The van der Waals surface area contributed by atoms with Crippen molar-refractivity contribution in [2.24, 2.45) is 5.92 Å². The molecule has 0 aliphatic heterocycles. The van der Waals surface area contributed by atoms with Gasteiger partial charge in [-0.3, -0.25) is 9.59 Å². The van der Waals surface area contributed by atoms with Crippen LogP contribution in [0.25, 0.3) is 0 Å². The van der Waals surface area contributed by atoms with Gasteiger partial charge in [0, 0.05) is 30.3 Å². The quantitative estimate of drug-likeness (QED) is 0.769. The Kier molecular flexibility index (Phi) is 6.00. The molecule has 2 amide bonds. The molecule has 1 N–H and O–H groups in total. The van der Waals surface area contributed by atoms with Crippen molar-refractivity contribution in [3.63, 3.8) is 0 Å². The molecule has 1 fully saturated rings. The van der Waals surface area contributed by atoms with Crippen LogP contribution in [0.2, 0.25) is 0 Å². The highest BCUT2D eigenvalue weighted by molar-refractivity contribution is 6.06. The molecule has 0 bridgehead atoms. The van der Waals surface area contributed by atoms with E-state index in [1.807, 2.05) is 30.3 Å². The van der Waals surface area contributed by atoms with E-state index in [0.717, 1.165) is 24.9 Å². The third kappa shape index (κ3) is 4.48. The summed E-state index contributed by atoms with van der Waals surface area (Å²) in [6.07, 6.45) is 3.74. The van der Waals surface area contributed by atoms with Crippen molar-refractivity contribution in [1.82, 2.24) is 5.32 Å². The predicted octanol–water partition coefficient (Wildman–Crippen LogP) is 3.78. The van der Waals surface area contributed by atoms with Crippen LogP contribution in [-0.4, -0.2) is 24.9 Å². The molecule has 0 unspecified atom stereocenters. The van der Waals surface area contributed by atoms with Crippen LogP contribution in [0.3, 0.4) is 0 Å². The maximum atomic E-state index is 13.1. The zero-order chi connectivity index (χ0) is 18.4. The molecule has 0 radical (unpaired) electrons. The number of nitrogens with one attached hydrogen (secondary N) is 1. The second-order valence-corrected chi connectivity index (χ2v) is 6.57. The SMILES string of the molecule is O=C(NCCCN(C(=O)c1ccc(F)cc1)c1ccccc1)C1CCC1. The van der Waals surface area contributed by atoms with Gasteiger partial charge >= 0.3 is 0 Å². The van der Waals surface area contributed by atoms with Gasteiger partial charge in [-0.2, -0.15) is 0 Å². The Hall–Kier alpha value is -2.69. The van der Waals surface area contributed by atoms with E-state index < -0.39 is 0 Å². The second-order valence-electron chi connectivity index (χ2n) is 6.57. The molecule has 0 saturated heterocycles. The van der Waals surface area contributed by atoms with Gasteiger partial charge in [-0.15, -0.1) is 0 Å². The summed E-state index contributed by atoms with van der Waals surface area (Å²) < 4.78 is 13.1. The molecule has 0 heterocycles. The number of benzene rings is 2. The molecular weight excluding hydrogens is 331 g/mol. The van der Waals surface area contributed by atoms with Crippen LogP contribution in [0.4, 0.5) is 10.1 Å². The van der Waals surface area contributed by atoms with E-state index in [0.29, 0.717) is 25.1 Å². The molecular formula is C21H23FN2O2. The van der Waals surface area contributed by atoms with Gasteiger partial charge in [0.2, 0.25) is 5.91 Å². The summed E-state index contributed by atoms with van der Waals surface area (Å²) in [4.78, 5) is 26.4. The number of carbonyl (C=O) groups excluding carboxylic acids is 2. The van der Waals surface area contributed by atoms with Gasteiger partial charge < -0.3 is 10.2 Å². The summed E-state index contributed by atoms with van der Waals surface area (Å²) in [7, 11) is 0. The molecule has 0 atom stereocenters. The van der Waals surface area contributed by atoms with Gasteiger partial charge in [0.25, 0.3) is 5.91 Å². The summed E-state index contributed by atoms with van der Waals surface area (Å²) in [6.45, 7) is 1.01. The highest BCUT2D eigenvalue weighted by Gasteiger charge is 2.24. The predicted molar refractivity (Wildman–Crippen MR) is 99.5 cm³/mol. The lowest BCUT2D eigenvalue weighted by Crippen LogP contribution is -2.37. The van der Waals surface area contributed by atoms with Crippen molar-refractivity contribution in [3.8, 4) is 0 Å². The number of rotatable bonds is 7. The highest BCUT2D eigenvalue weighted by atomic mass is 19.1. The summed E-state index contributed by atoms with van der Waals surface area (Å²) in [5.74, 6) is -0.263. The topological polar surface area (TPSA) is 49.4 Å². The van der Waals surface area contributed by atoms with Crippen molar-refractivity contribution >= 4 is 17.5 Å². The highest BCUT2D eigenvalue weighted by Crippen LogP contribution is 2.26. The average Bonchev–Trinajstić information content (AvgIpc) is 2.61. The van der Waals surface area contributed by atoms with Crippen LogP contribution in [-0.2, 0) is 4.79 Å². The lowest BCUT2D eigenvalue weighted by molar-refractivity contribution is -0.127. The molecule has 1 aliphatic rings. The first-order chi connectivity index (χ1) is 12.6. The maximum Gasteiger partial charge on any atom is 0.258 e. The minimum Gasteiger partial charge on any atom is -0.356 e. The largest absolute Gasteiger partial charge is 0.356 e. The molecule has 4 nitrogen and oxygen atoms in total. The van der Waals surface area contributed by atoms with Crippen molar-refractivity contribution in [3.05, 3.63) is 66.0 Å². The fraction of sp³-hybridized carbons (Fsp3) is 0.333. The van der Waals surface area contributed by atoms with Crippen LogP contribution in [0.5, 0.6) is 0 Å². The molecule has 2 aromatic carbocycles. The van der Waals surface area contributed by atoms with E-state index in [1.54, 1.807) is 4.90 Å². The monoisotopic (exact) mass is 354 g/mol. The Morgan fingerprint density at radius 1 is 1.04 bits per heavy atom. The molecule has 3 rings (SSSR count). The smallest absolute Gasteiger partial charge is 0.258 e. The van der Waals surface area contributed by atoms with Gasteiger partial charge in [0.05, 0.1) is 0 Å². The van der Waals surface area contributed by atoms with Gasteiger partial charge in [0.15, 0.2) is 0 Å². The van der Waals surface area contributed by atoms with Crippen molar-refractivity contribution in [2.45, 2.75) is 25.7 Å². The molecule has 26 heavy (non-hydrogen) atoms. The van der Waals surface area contributed by atoms with Crippen LogP contribution in [0.1, 0.15) is 36.0 Å². The fourth-order valence-corrected chi connectivity index (χ4v) is 2.97. The number of nitrogens with zero attached hydrogens (tertiary/aromatic N) is 1. The molecule has 136 valence electrons. The lowest BCUT2D eigenvalue weighted by atomic mass is 9.85. The Labute approximate surface area is 153 Å². The van der Waals surface area contributed by atoms with E-state index in [4.69, 9.17) is 0 Å². The summed E-state index contributed by atoms with van der Waals surface area (Å²) in [6, 6.07) is 14.9. The number of halogens is 1. The zero-order valence-corrected chi connectivity index (χ0v) is 14.7. The Morgan fingerprint density at radius 2 is 1.73 bits per heavy atom. The number of carbonyl (C=O) groups is 2. The van der Waals surface area contributed by atoms with Crippen LogP contribution < -0.4 is 10.2 Å². The first kappa shape index (κ1) is 18.1. The molecule has 5 heteroatoms. The van der Waals surface area contributed by atoms with Crippen LogP contribution in [0, 0.1) is 11.7 Å². The Morgan fingerprint density at radius 3 is 2.35 bits per heavy atom. The maximum absolute atomic E-state index is 13.1. The van der Waals surface area contributed by atoms with Gasteiger partial charge in [-0.1, -0.05) is 24.6 Å². The molecule has 1 saturated carbocycles. The lowest BCUT2D eigenvalue weighted by Gasteiger charge is -2.25. The molecule has 2 aromatic rings. The Balaban J connectivity index is 1.62. The molecule has 1 aliphatic carbocycles. The summed E-state index contributed by atoms with van der Waals surface area (Å²) >= 11 is 0. The number of para-hydroxylation sites is 1. The van der Waals surface area contributed by atoms with Crippen molar-refractivity contribution in [1.29, 1.82) is 0 Å². The zero-order valence-electron chi connectivity index (χ0n) is 14.7. The summed E-state index contributed by atoms with van der Waals surface area (Å²) in [5.41, 5.74) is 1.22. The summed E-state index contributed by atoms with van der Waals surface area (Å²) in [5, 5.41) is 2.95. The van der Waals surface area contributed by atoms with E-state index >= 15 is 0 Å². The number of anilines is 1. The minimum atomic E-state index is -0.369. The standard InChI is InChI=1S/C21H23FN2O2/c22-18-12-10-17(11-13-18)21(26)24(19-8-2-1-3-9-19)15-5-14-23-20(25)16-6-4-7-16/h1-3,8-13,16H,4-7,14-15H2,(H,23,25).